The Morgan fingerprint density at radius 1 is 1.27 bits per heavy atom. The molecule has 1 aromatic carbocycles. The van der Waals surface area contributed by atoms with Crippen LogP contribution in [0.4, 0.5) is 18.9 Å². The number of anilines is 1. The van der Waals surface area contributed by atoms with Crippen molar-refractivity contribution in [3.8, 4) is 0 Å². The predicted molar refractivity (Wildman–Crippen MR) is 48.9 cm³/mol. The Morgan fingerprint density at radius 3 is 2.13 bits per heavy atom. The van der Waals surface area contributed by atoms with Gasteiger partial charge in [0.1, 0.15) is 4.90 Å². The van der Waals surface area contributed by atoms with E-state index < -0.39 is 31.4 Å². The number of alkyl halides is 3. The largest absolute Gasteiger partial charge is 0.416 e. The monoisotopic (exact) mass is 259 g/mol. The molecule has 3 nitrogen and oxygen atoms in total. The van der Waals surface area contributed by atoms with Crippen molar-refractivity contribution in [1.29, 1.82) is 0 Å². The molecule has 84 valence electrons. The van der Waals surface area contributed by atoms with Gasteiger partial charge in [-0.1, -0.05) is 0 Å². The fourth-order valence-corrected chi connectivity index (χ4v) is 1.94. The van der Waals surface area contributed by atoms with Crippen molar-refractivity contribution in [3.63, 3.8) is 0 Å². The van der Waals surface area contributed by atoms with E-state index in [-0.39, 0.29) is 0 Å². The highest BCUT2D eigenvalue weighted by Gasteiger charge is 2.31. The van der Waals surface area contributed by atoms with E-state index in [0.29, 0.717) is 12.1 Å². The number of halogens is 4. The summed E-state index contributed by atoms with van der Waals surface area (Å²) in [6.45, 7) is 0. The van der Waals surface area contributed by atoms with Crippen molar-refractivity contribution in [2.45, 2.75) is 11.1 Å². The molecule has 0 saturated carbocycles. The van der Waals surface area contributed by atoms with Crippen LogP contribution in [0.1, 0.15) is 5.56 Å². The summed E-state index contributed by atoms with van der Waals surface area (Å²) in [5.41, 5.74) is 3.59. The Hall–Kier alpha value is -0.950. The fraction of sp³-hybridized carbons (Fsp3) is 0.143. The fourth-order valence-electron chi connectivity index (χ4n) is 0.947. The van der Waals surface area contributed by atoms with Gasteiger partial charge in [-0.2, -0.15) is 13.2 Å². The molecular formula is C7H5ClF3NO2S. The van der Waals surface area contributed by atoms with Gasteiger partial charge >= 0.3 is 6.18 Å². The van der Waals surface area contributed by atoms with E-state index in [1.54, 1.807) is 0 Å². The highest BCUT2D eigenvalue weighted by atomic mass is 35.7. The van der Waals surface area contributed by atoms with Crippen molar-refractivity contribution in [1.82, 2.24) is 0 Å². The van der Waals surface area contributed by atoms with Gasteiger partial charge in [-0.25, -0.2) is 8.42 Å². The van der Waals surface area contributed by atoms with Crippen LogP contribution in [0.5, 0.6) is 0 Å². The predicted octanol–water partition coefficient (Wildman–Crippen LogP) is 2.22. The van der Waals surface area contributed by atoms with Crippen LogP contribution in [0.25, 0.3) is 0 Å². The summed E-state index contributed by atoms with van der Waals surface area (Å²) in [5.74, 6) is 0. The third-order valence-corrected chi connectivity index (χ3v) is 3.00. The Bertz CT molecular complexity index is 483. The lowest BCUT2D eigenvalue weighted by Crippen LogP contribution is -2.07. The van der Waals surface area contributed by atoms with Gasteiger partial charge in [0.25, 0.3) is 9.05 Å². The quantitative estimate of drug-likeness (QED) is 0.621. The summed E-state index contributed by atoms with van der Waals surface area (Å²) < 4.78 is 58.1. The lowest BCUT2D eigenvalue weighted by molar-refractivity contribution is -0.137. The van der Waals surface area contributed by atoms with Crippen molar-refractivity contribution >= 4 is 25.4 Å². The molecule has 0 aliphatic heterocycles. The molecule has 0 bridgehead atoms. The third-order valence-electron chi connectivity index (χ3n) is 1.60. The van der Waals surface area contributed by atoms with Crippen molar-refractivity contribution in [2.75, 3.05) is 5.73 Å². The third kappa shape index (κ3) is 2.75. The summed E-state index contributed by atoms with van der Waals surface area (Å²) in [7, 11) is 0.826. The van der Waals surface area contributed by atoms with Crippen LogP contribution in [-0.2, 0) is 15.2 Å². The number of hydrogen-bond acceptors (Lipinski definition) is 3. The van der Waals surface area contributed by atoms with Crippen molar-refractivity contribution in [2.24, 2.45) is 0 Å². The first kappa shape index (κ1) is 12.1. The molecule has 0 spiro atoms. The summed E-state index contributed by atoms with van der Waals surface area (Å²) in [5, 5.41) is 0. The summed E-state index contributed by atoms with van der Waals surface area (Å²) in [6, 6.07) is 1.85. The average molecular weight is 260 g/mol. The molecule has 1 rings (SSSR count). The highest BCUT2D eigenvalue weighted by Crippen LogP contribution is 2.33. The number of nitrogens with two attached hydrogens (primary N) is 1. The van der Waals surface area contributed by atoms with E-state index in [1.807, 2.05) is 0 Å². The summed E-state index contributed by atoms with van der Waals surface area (Å²) in [6.07, 6.45) is -4.57. The minimum absolute atomic E-state index is 0.523. The lowest BCUT2D eigenvalue weighted by atomic mass is 10.2. The minimum atomic E-state index is -4.57. The molecule has 2 N–H and O–H groups in total. The molecule has 0 radical (unpaired) electrons. The number of hydrogen-bond donors (Lipinski definition) is 1. The minimum Gasteiger partial charge on any atom is -0.398 e. The Balaban J connectivity index is 3.34. The lowest BCUT2D eigenvalue weighted by Gasteiger charge is -2.08. The molecule has 0 amide bonds. The molecule has 0 saturated heterocycles. The maximum Gasteiger partial charge on any atom is 0.416 e. The molecule has 15 heavy (non-hydrogen) atoms. The zero-order chi connectivity index (χ0) is 11.9. The van der Waals surface area contributed by atoms with Gasteiger partial charge in [0, 0.05) is 10.7 Å². The molecular weight excluding hydrogens is 255 g/mol. The second-order valence-electron chi connectivity index (χ2n) is 2.69. The van der Waals surface area contributed by atoms with Crippen LogP contribution in [-0.4, -0.2) is 8.42 Å². The standard InChI is InChI=1S/C7H5ClF3NO2S/c8-15(13,14)6-2-1-4(3-5(6)12)7(9,10)11/h1-3H,12H2. The van der Waals surface area contributed by atoms with Gasteiger partial charge in [-0.15, -0.1) is 0 Å². The second-order valence-corrected chi connectivity index (χ2v) is 5.22. The van der Waals surface area contributed by atoms with Crippen molar-refractivity contribution < 1.29 is 21.6 Å². The smallest absolute Gasteiger partial charge is 0.398 e. The van der Waals surface area contributed by atoms with Crippen LogP contribution >= 0.6 is 10.7 Å². The van der Waals surface area contributed by atoms with Crippen LogP contribution in [0.15, 0.2) is 23.1 Å². The maximum absolute atomic E-state index is 12.2. The Kier molecular flexibility index (Phi) is 2.88. The molecule has 8 heteroatoms. The van der Waals surface area contributed by atoms with Crippen LogP contribution in [0.2, 0.25) is 0 Å². The maximum atomic E-state index is 12.2. The molecule has 0 heterocycles. The molecule has 1 aromatic rings. The van der Waals surface area contributed by atoms with E-state index in [4.69, 9.17) is 16.4 Å². The molecule has 0 atom stereocenters. The van der Waals surface area contributed by atoms with E-state index in [2.05, 4.69) is 0 Å². The molecule has 0 aliphatic rings. The van der Waals surface area contributed by atoms with Gasteiger partial charge < -0.3 is 5.73 Å². The van der Waals surface area contributed by atoms with E-state index >= 15 is 0 Å². The summed E-state index contributed by atoms with van der Waals surface area (Å²) in [4.78, 5) is -0.530. The van der Waals surface area contributed by atoms with Crippen LogP contribution in [0, 0.1) is 0 Å². The van der Waals surface area contributed by atoms with E-state index in [9.17, 15) is 21.6 Å². The number of benzene rings is 1. The zero-order valence-electron chi connectivity index (χ0n) is 7.05. The highest BCUT2D eigenvalue weighted by molar-refractivity contribution is 8.13. The van der Waals surface area contributed by atoms with Gasteiger partial charge in [0.05, 0.1) is 11.3 Å². The second kappa shape index (κ2) is 3.57. The van der Waals surface area contributed by atoms with Crippen LogP contribution < -0.4 is 5.73 Å². The first-order valence-corrected chi connectivity index (χ1v) is 5.84. The number of nitrogen functional groups attached to an aromatic ring is 1. The van der Waals surface area contributed by atoms with Crippen molar-refractivity contribution in [3.05, 3.63) is 23.8 Å². The Labute approximate surface area is 88.1 Å². The normalized spacial score (nSPS) is 12.8. The van der Waals surface area contributed by atoms with Gasteiger partial charge in [0.15, 0.2) is 0 Å². The molecule has 0 unspecified atom stereocenters. The van der Waals surface area contributed by atoms with Gasteiger partial charge in [-0.3, -0.25) is 0 Å². The topological polar surface area (TPSA) is 60.2 Å². The molecule has 0 aliphatic carbocycles. The number of rotatable bonds is 1. The average Bonchev–Trinajstić information content (AvgIpc) is 1.99. The van der Waals surface area contributed by atoms with Gasteiger partial charge in [-0.05, 0) is 18.2 Å². The Morgan fingerprint density at radius 2 is 1.80 bits per heavy atom. The molecule has 0 fully saturated rings. The van der Waals surface area contributed by atoms with Gasteiger partial charge in [0.2, 0.25) is 0 Å². The molecule has 0 aromatic heterocycles. The van der Waals surface area contributed by atoms with E-state index in [1.165, 1.54) is 0 Å². The zero-order valence-corrected chi connectivity index (χ0v) is 8.62. The first-order chi connectivity index (χ1) is 6.62. The van der Waals surface area contributed by atoms with E-state index in [0.717, 1.165) is 6.07 Å². The first-order valence-electron chi connectivity index (χ1n) is 3.54. The SMILES string of the molecule is Nc1cc(C(F)(F)F)ccc1S(=O)(=O)Cl. The van der Waals surface area contributed by atoms with Crippen LogP contribution in [0.3, 0.4) is 0 Å². The summed E-state index contributed by atoms with van der Waals surface area (Å²) >= 11 is 0.